The number of unbranched alkanes of at least 4 members (excludes halogenated alkanes) is 11. The van der Waals surface area contributed by atoms with Crippen LogP contribution in [0.15, 0.2) is 30.3 Å². The molecule has 1 aromatic rings. The molecule has 1 rings (SSSR count). The third kappa shape index (κ3) is 9.84. The predicted octanol–water partition coefficient (Wildman–Crippen LogP) is 8.06. The number of rotatable bonds is 14. The first kappa shape index (κ1) is 20.3. The van der Waals surface area contributed by atoms with Gasteiger partial charge in [0.15, 0.2) is 0 Å². The van der Waals surface area contributed by atoms with Gasteiger partial charge in [0.05, 0.1) is 0 Å². The average molecular weight is 317 g/mol. The van der Waals surface area contributed by atoms with E-state index in [-0.39, 0.29) is 0 Å². The maximum absolute atomic E-state index is 2.39. The van der Waals surface area contributed by atoms with E-state index in [0.717, 1.165) is 0 Å². The molecule has 0 N–H and O–H groups in total. The molecule has 0 fully saturated rings. The number of hydrogen-bond donors (Lipinski definition) is 0. The highest BCUT2D eigenvalue weighted by Crippen LogP contribution is 2.29. The Morgan fingerprint density at radius 2 is 1.04 bits per heavy atom. The molecule has 0 amide bonds. The van der Waals surface area contributed by atoms with Crippen LogP contribution in [0.2, 0.25) is 0 Å². The summed E-state index contributed by atoms with van der Waals surface area (Å²) < 4.78 is 0. The quantitative estimate of drug-likeness (QED) is 0.304. The van der Waals surface area contributed by atoms with Gasteiger partial charge in [0, 0.05) is 0 Å². The SMILES string of the molecule is CCCCCCCCCCCCCCC(C)(C)c1ccccc1. The van der Waals surface area contributed by atoms with E-state index >= 15 is 0 Å². The molecule has 0 bridgehead atoms. The highest BCUT2D eigenvalue weighted by atomic mass is 14.2. The molecule has 0 heterocycles. The first-order valence-electron chi connectivity index (χ1n) is 10.2. The van der Waals surface area contributed by atoms with Crippen molar-refractivity contribution in [1.82, 2.24) is 0 Å². The summed E-state index contributed by atoms with van der Waals surface area (Å²) in [6, 6.07) is 11.0. The van der Waals surface area contributed by atoms with Gasteiger partial charge in [0.25, 0.3) is 0 Å². The molecule has 0 aromatic heterocycles. The molecule has 0 spiro atoms. The lowest BCUT2D eigenvalue weighted by molar-refractivity contribution is 0.441. The Labute approximate surface area is 146 Å². The van der Waals surface area contributed by atoms with Crippen LogP contribution in [0.25, 0.3) is 0 Å². The molecule has 0 unspecified atom stereocenters. The van der Waals surface area contributed by atoms with Crippen LogP contribution < -0.4 is 0 Å². The summed E-state index contributed by atoms with van der Waals surface area (Å²) in [7, 11) is 0. The van der Waals surface area contributed by atoms with Gasteiger partial charge in [-0.2, -0.15) is 0 Å². The Hall–Kier alpha value is -0.780. The molecular weight excluding hydrogens is 276 g/mol. The van der Waals surface area contributed by atoms with Crippen molar-refractivity contribution < 1.29 is 0 Å². The van der Waals surface area contributed by atoms with E-state index in [9.17, 15) is 0 Å². The second-order valence-corrected chi connectivity index (χ2v) is 7.89. The highest BCUT2D eigenvalue weighted by molar-refractivity contribution is 5.23. The topological polar surface area (TPSA) is 0 Å². The largest absolute Gasteiger partial charge is 0.0654 e. The summed E-state index contributed by atoms with van der Waals surface area (Å²) in [5, 5.41) is 0. The predicted molar refractivity (Wildman–Crippen MR) is 105 cm³/mol. The van der Waals surface area contributed by atoms with Crippen molar-refractivity contribution in [3.63, 3.8) is 0 Å². The van der Waals surface area contributed by atoms with Crippen molar-refractivity contribution in [3.8, 4) is 0 Å². The Morgan fingerprint density at radius 1 is 0.609 bits per heavy atom. The van der Waals surface area contributed by atoms with E-state index in [0.29, 0.717) is 5.41 Å². The minimum absolute atomic E-state index is 0.333. The average Bonchev–Trinajstić information content (AvgIpc) is 2.56. The van der Waals surface area contributed by atoms with Crippen LogP contribution in [0.1, 0.15) is 110 Å². The van der Waals surface area contributed by atoms with Crippen molar-refractivity contribution >= 4 is 0 Å². The van der Waals surface area contributed by atoms with Crippen LogP contribution in [0.3, 0.4) is 0 Å². The molecule has 0 saturated carbocycles. The fourth-order valence-corrected chi connectivity index (χ4v) is 3.44. The van der Waals surface area contributed by atoms with E-state index in [4.69, 9.17) is 0 Å². The lowest BCUT2D eigenvalue weighted by Crippen LogP contribution is -2.16. The number of hydrogen-bond acceptors (Lipinski definition) is 0. The van der Waals surface area contributed by atoms with E-state index in [1.54, 1.807) is 0 Å². The zero-order valence-corrected chi connectivity index (χ0v) is 16.1. The van der Waals surface area contributed by atoms with Gasteiger partial charge < -0.3 is 0 Å². The maximum Gasteiger partial charge on any atom is -0.0104 e. The molecule has 0 heteroatoms. The van der Waals surface area contributed by atoms with Crippen LogP contribution in [0, 0.1) is 0 Å². The van der Waals surface area contributed by atoms with Crippen LogP contribution in [0.5, 0.6) is 0 Å². The molecule has 0 atom stereocenters. The second-order valence-electron chi connectivity index (χ2n) is 7.89. The Kier molecular flexibility index (Phi) is 11.1. The lowest BCUT2D eigenvalue weighted by Gasteiger charge is -2.25. The molecule has 1 aromatic carbocycles. The molecule has 0 aliphatic heterocycles. The normalized spacial score (nSPS) is 11.8. The van der Waals surface area contributed by atoms with E-state index in [1.807, 2.05) is 0 Å². The van der Waals surface area contributed by atoms with Crippen molar-refractivity contribution in [2.75, 3.05) is 0 Å². The molecule has 132 valence electrons. The van der Waals surface area contributed by atoms with Crippen molar-refractivity contribution in [3.05, 3.63) is 35.9 Å². The minimum Gasteiger partial charge on any atom is -0.0654 e. The van der Waals surface area contributed by atoms with Crippen molar-refractivity contribution in [2.45, 2.75) is 110 Å². The summed E-state index contributed by atoms with van der Waals surface area (Å²) in [6.07, 6.45) is 18.5. The fraction of sp³-hybridized carbons (Fsp3) is 0.739. The van der Waals surface area contributed by atoms with Crippen LogP contribution in [-0.4, -0.2) is 0 Å². The molecule has 0 aliphatic rings. The molecule has 23 heavy (non-hydrogen) atoms. The zero-order chi connectivity index (χ0) is 16.8. The Bertz CT molecular complexity index is 363. The van der Waals surface area contributed by atoms with Crippen LogP contribution in [0.4, 0.5) is 0 Å². The smallest absolute Gasteiger partial charge is 0.0104 e. The zero-order valence-electron chi connectivity index (χ0n) is 16.1. The summed E-state index contributed by atoms with van der Waals surface area (Å²) in [4.78, 5) is 0. The monoisotopic (exact) mass is 316 g/mol. The van der Waals surface area contributed by atoms with E-state index in [2.05, 4.69) is 51.1 Å². The van der Waals surface area contributed by atoms with E-state index in [1.165, 1.54) is 89.0 Å². The molecule has 0 nitrogen and oxygen atoms in total. The molecule has 0 aliphatic carbocycles. The standard InChI is InChI=1S/C23H40/c1-4-5-6-7-8-9-10-11-12-13-14-18-21-23(2,3)22-19-16-15-17-20-22/h15-17,19-20H,4-14,18,21H2,1-3H3. The second kappa shape index (κ2) is 12.6. The first-order valence-corrected chi connectivity index (χ1v) is 10.2. The Balaban J connectivity index is 1.93. The molecule has 0 radical (unpaired) electrons. The van der Waals surface area contributed by atoms with Crippen molar-refractivity contribution in [1.29, 1.82) is 0 Å². The molecular formula is C23H40. The maximum atomic E-state index is 2.39. The van der Waals surface area contributed by atoms with Gasteiger partial charge in [-0.05, 0) is 17.4 Å². The lowest BCUT2D eigenvalue weighted by atomic mass is 9.80. The van der Waals surface area contributed by atoms with Gasteiger partial charge >= 0.3 is 0 Å². The van der Waals surface area contributed by atoms with Gasteiger partial charge in [-0.15, -0.1) is 0 Å². The van der Waals surface area contributed by atoms with E-state index < -0.39 is 0 Å². The van der Waals surface area contributed by atoms with Gasteiger partial charge in [0.2, 0.25) is 0 Å². The summed E-state index contributed by atoms with van der Waals surface area (Å²) in [5.41, 5.74) is 1.82. The summed E-state index contributed by atoms with van der Waals surface area (Å²) >= 11 is 0. The minimum atomic E-state index is 0.333. The third-order valence-corrected chi connectivity index (χ3v) is 5.21. The van der Waals surface area contributed by atoms with Crippen LogP contribution in [-0.2, 0) is 5.41 Å². The fourth-order valence-electron chi connectivity index (χ4n) is 3.44. The summed E-state index contributed by atoms with van der Waals surface area (Å²) in [6.45, 7) is 7.07. The van der Waals surface area contributed by atoms with Gasteiger partial charge in [0.1, 0.15) is 0 Å². The van der Waals surface area contributed by atoms with Gasteiger partial charge in [-0.3, -0.25) is 0 Å². The number of benzene rings is 1. The molecule has 0 saturated heterocycles. The Morgan fingerprint density at radius 3 is 1.52 bits per heavy atom. The first-order chi connectivity index (χ1) is 11.2. The van der Waals surface area contributed by atoms with Gasteiger partial charge in [-0.1, -0.05) is 128 Å². The van der Waals surface area contributed by atoms with Gasteiger partial charge in [-0.25, -0.2) is 0 Å². The third-order valence-electron chi connectivity index (χ3n) is 5.21. The van der Waals surface area contributed by atoms with Crippen molar-refractivity contribution in [2.24, 2.45) is 0 Å². The van der Waals surface area contributed by atoms with Crippen LogP contribution >= 0.6 is 0 Å². The summed E-state index contributed by atoms with van der Waals surface area (Å²) in [5.74, 6) is 0. The highest BCUT2D eigenvalue weighted by Gasteiger charge is 2.19.